The van der Waals surface area contributed by atoms with Crippen molar-refractivity contribution in [3.05, 3.63) is 48.0 Å². The molecule has 0 unspecified atom stereocenters. The molecular formula is C13H11F2NOS. The van der Waals surface area contributed by atoms with E-state index in [2.05, 4.69) is 0 Å². The Bertz CT molecular complexity index is 558. The van der Waals surface area contributed by atoms with Crippen LogP contribution in [-0.4, -0.2) is 7.11 Å². The summed E-state index contributed by atoms with van der Waals surface area (Å²) in [5, 5.41) is 0. The van der Waals surface area contributed by atoms with Crippen molar-refractivity contribution in [3.63, 3.8) is 0 Å². The average molecular weight is 267 g/mol. The second-order valence-corrected chi connectivity index (χ2v) is 4.64. The number of nitrogens with two attached hydrogens (primary N) is 1. The van der Waals surface area contributed by atoms with Crippen molar-refractivity contribution in [2.45, 2.75) is 9.79 Å². The number of hydrogen-bond acceptors (Lipinski definition) is 3. The van der Waals surface area contributed by atoms with Crippen molar-refractivity contribution in [1.82, 2.24) is 0 Å². The summed E-state index contributed by atoms with van der Waals surface area (Å²) >= 11 is 1.08. The number of halogens is 2. The van der Waals surface area contributed by atoms with Gasteiger partial charge in [0, 0.05) is 10.6 Å². The number of nitrogen functional groups attached to an aromatic ring is 1. The van der Waals surface area contributed by atoms with Gasteiger partial charge < -0.3 is 10.5 Å². The quantitative estimate of drug-likeness (QED) is 0.861. The predicted octanol–water partition coefficient (Wildman–Crippen LogP) is 3.71. The van der Waals surface area contributed by atoms with Crippen molar-refractivity contribution < 1.29 is 13.5 Å². The number of methoxy groups -OCH3 is 1. The van der Waals surface area contributed by atoms with Crippen LogP contribution in [0.4, 0.5) is 14.5 Å². The third kappa shape index (κ3) is 2.56. The van der Waals surface area contributed by atoms with E-state index >= 15 is 0 Å². The number of benzene rings is 2. The molecule has 0 fully saturated rings. The van der Waals surface area contributed by atoms with Crippen molar-refractivity contribution in [2.75, 3.05) is 12.8 Å². The Labute approximate surface area is 108 Å². The van der Waals surface area contributed by atoms with Gasteiger partial charge in [0.05, 0.1) is 12.0 Å². The summed E-state index contributed by atoms with van der Waals surface area (Å²) < 4.78 is 31.7. The number of anilines is 1. The fourth-order valence-corrected chi connectivity index (χ4v) is 2.29. The van der Waals surface area contributed by atoms with Crippen molar-refractivity contribution in [1.29, 1.82) is 0 Å². The van der Waals surface area contributed by atoms with Crippen LogP contribution in [0.3, 0.4) is 0 Å². The highest BCUT2D eigenvalue weighted by Crippen LogP contribution is 2.35. The van der Waals surface area contributed by atoms with E-state index in [4.69, 9.17) is 10.5 Å². The standard InChI is InChI=1S/C13H11F2NOS/c1-17-8-2-4-9(5-3-8)18-13-11(16)7-6-10(14)12(13)15/h2-7H,16H2,1H3. The van der Waals surface area contributed by atoms with Gasteiger partial charge in [-0.05, 0) is 36.4 Å². The minimum absolute atomic E-state index is 0.0974. The molecule has 0 amide bonds. The first-order valence-electron chi connectivity index (χ1n) is 5.17. The lowest BCUT2D eigenvalue weighted by atomic mass is 10.3. The summed E-state index contributed by atoms with van der Waals surface area (Å²) in [6.07, 6.45) is 0. The smallest absolute Gasteiger partial charge is 0.174 e. The number of hydrogen-bond donors (Lipinski definition) is 1. The van der Waals surface area contributed by atoms with Crippen molar-refractivity contribution in [2.24, 2.45) is 0 Å². The number of ether oxygens (including phenoxy) is 1. The Balaban J connectivity index is 2.30. The van der Waals surface area contributed by atoms with Gasteiger partial charge >= 0.3 is 0 Å². The monoisotopic (exact) mass is 267 g/mol. The highest BCUT2D eigenvalue weighted by Gasteiger charge is 2.13. The van der Waals surface area contributed by atoms with Crippen LogP contribution in [0.5, 0.6) is 5.75 Å². The van der Waals surface area contributed by atoms with Crippen LogP contribution < -0.4 is 10.5 Å². The van der Waals surface area contributed by atoms with Crippen LogP contribution in [0.15, 0.2) is 46.2 Å². The zero-order chi connectivity index (χ0) is 13.1. The molecule has 2 aromatic rings. The molecule has 0 bridgehead atoms. The summed E-state index contributed by atoms with van der Waals surface area (Å²) in [6, 6.07) is 9.37. The van der Waals surface area contributed by atoms with Crippen LogP contribution >= 0.6 is 11.8 Å². The van der Waals surface area contributed by atoms with Gasteiger partial charge in [0.15, 0.2) is 11.6 Å². The summed E-state index contributed by atoms with van der Waals surface area (Å²) in [4.78, 5) is 0.854. The average Bonchev–Trinajstić information content (AvgIpc) is 2.40. The molecule has 0 heterocycles. The second-order valence-electron chi connectivity index (χ2n) is 3.56. The molecule has 0 aromatic heterocycles. The lowest BCUT2D eigenvalue weighted by Crippen LogP contribution is -1.95. The topological polar surface area (TPSA) is 35.2 Å². The molecule has 2 aromatic carbocycles. The van der Waals surface area contributed by atoms with Crippen LogP contribution in [0.2, 0.25) is 0 Å². The number of rotatable bonds is 3. The Morgan fingerprint density at radius 3 is 2.33 bits per heavy atom. The molecule has 0 radical (unpaired) electrons. The molecule has 18 heavy (non-hydrogen) atoms. The molecule has 0 saturated heterocycles. The summed E-state index contributed by atoms with van der Waals surface area (Å²) in [6.45, 7) is 0. The highest BCUT2D eigenvalue weighted by atomic mass is 32.2. The van der Waals surface area contributed by atoms with Crippen LogP contribution in [0, 0.1) is 11.6 Å². The van der Waals surface area contributed by atoms with E-state index in [1.165, 1.54) is 6.07 Å². The van der Waals surface area contributed by atoms with Crippen molar-refractivity contribution in [3.8, 4) is 5.75 Å². The van der Waals surface area contributed by atoms with Gasteiger partial charge in [-0.3, -0.25) is 0 Å². The molecule has 2 nitrogen and oxygen atoms in total. The Hall–Kier alpha value is -1.75. The molecule has 0 aliphatic heterocycles. The first-order chi connectivity index (χ1) is 8.61. The molecule has 0 aliphatic carbocycles. The molecule has 0 aliphatic rings. The Kier molecular flexibility index (Phi) is 3.72. The van der Waals surface area contributed by atoms with Gasteiger partial charge in [-0.15, -0.1) is 0 Å². The lowest BCUT2D eigenvalue weighted by Gasteiger charge is -2.08. The zero-order valence-electron chi connectivity index (χ0n) is 9.61. The van der Waals surface area contributed by atoms with Gasteiger partial charge in [0.1, 0.15) is 5.75 Å². The second kappa shape index (κ2) is 5.27. The van der Waals surface area contributed by atoms with Gasteiger partial charge in [-0.25, -0.2) is 8.78 Å². The fraction of sp³-hybridized carbons (Fsp3) is 0.0769. The van der Waals surface area contributed by atoms with Crippen molar-refractivity contribution >= 4 is 17.4 Å². The summed E-state index contributed by atoms with van der Waals surface area (Å²) in [7, 11) is 1.56. The van der Waals surface area contributed by atoms with E-state index in [0.29, 0.717) is 5.75 Å². The van der Waals surface area contributed by atoms with Gasteiger partial charge in [0.2, 0.25) is 0 Å². The van der Waals surface area contributed by atoms with Gasteiger partial charge in [-0.2, -0.15) is 0 Å². The lowest BCUT2D eigenvalue weighted by molar-refractivity contribution is 0.414. The van der Waals surface area contributed by atoms with E-state index in [1.807, 2.05) is 0 Å². The maximum absolute atomic E-state index is 13.6. The van der Waals surface area contributed by atoms with Crippen LogP contribution in [-0.2, 0) is 0 Å². The molecular weight excluding hydrogens is 256 g/mol. The van der Waals surface area contributed by atoms with Crippen LogP contribution in [0.25, 0.3) is 0 Å². The minimum Gasteiger partial charge on any atom is -0.497 e. The first kappa shape index (κ1) is 12.7. The van der Waals surface area contributed by atoms with E-state index in [0.717, 1.165) is 22.7 Å². The van der Waals surface area contributed by atoms with E-state index in [9.17, 15) is 8.78 Å². The van der Waals surface area contributed by atoms with Gasteiger partial charge in [0.25, 0.3) is 0 Å². The predicted molar refractivity (Wildman–Crippen MR) is 67.9 cm³/mol. The molecule has 0 saturated carbocycles. The minimum atomic E-state index is -0.921. The Morgan fingerprint density at radius 1 is 1.06 bits per heavy atom. The highest BCUT2D eigenvalue weighted by molar-refractivity contribution is 7.99. The molecule has 2 N–H and O–H groups in total. The maximum Gasteiger partial charge on any atom is 0.174 e. The first-order valence-corrected chi connectivity index (χ1v) is 5.99. The molecule has 0 spiro atoms. The third-order valence-corrected chi connectivity index (χ3v) is 3.49. The Morgan fingerprint density at radius 2 is 1.72 bits per heavy atom. The summed E-state index contributed by atoms with van der Waals surface area (Å²) in [5.41, 5.74) is 5.86. The zero-order valence-corrected chi connectivity index (χ0v) is 10.4. The fourth-order valence-electron chi connectivity index (χ4n) is 1.41. The maximum atomic E-state index is 13.6. The molecule has 0 atom stereocenters. The largest absolute Gasteiger partial charge is 0.497 e. The van der Waals surface area contributed by atoms with E-state index in [-0.39, 0.29) is 10.6 Å². The SMILES string of the molecule is COc1ccc(Sc2c(N)ccc(F)c2F)cc1. The van der Waals surface area contributed by atoms with E-state index in [1.54, 1.807) is 31.4 Å². The molecule has 94 valence electrons. The van der Waals surface area contributed by atoms with Gasteiger partial charge in [-0.1, -0.05) is 11.8 Å². The normalized spacial score (nSPS) is 10.4. The molecule has 2 rings (SSSR count). The summed E-state index contributed by atoms with van der Waals surface area (Å²) in [5.74, 6) is -1.12. The van der Waals surface area contributed by atoms with Crippen LogP contribution in [0.1, 0.15) is 0 Å². The van der Waals surface area contributed by atoms with E-state index < -0.39 is 11.6 Å². The third-order valence-electron chi connectivity index (χ3n) is 2.36. The molecule has 5 heteroatoms.